The van der Waals surface area contributed by atoms with Crippen LogP contribution in [-0.4, -0.2) is 61.6 Å². The highest BCUT2D eigenvalue weighted by Gasteiger charge is 2.43. The van der Waals surface area contributed by atoms with Crippen molar-refractivity contribution < 1.29 is 13.9 Å². The van der Waals surface area contributed by atoms with Crippen LogP contribution in [0.3, 0.4) is 0 Å². The maximum atomic E-state index is 13.1. The highest BCUT2D eigenvalue weighted by atomic mass is 19.1. The number of carbonyl (C=O) groups is 1. The van der Waals surface area contributed by atoms with Crippen LogP contribution in [-0.2, 0) is 9.53 Å². The number of fused-ring (bicyclic) bond motifs is 3. The van der Waals surface area contributed by atoms with Crippen molar-refractivity contribution in [3.05, 3.63) is 72.1 Å². The Morgan fingerprint density at radius 2 is 1.90 bits per heavy atom. The molecule has 5 heteroatoms. The van der Waals surface area contributed by atoms with E-state index in [1.807, 2.05) is 17.9 Å². The van der Waals surface area contributed by atoms with Gasteiger partial charge in [0.25, 0.3) is 5.91 Å². The molecule has 0 radical (unpaired) electrons. The fourth-order valence-corrected chi connectivity index (χ4v) is 4.98. The van der Waals surface area contributed by atoms with Crippen LogP contribution >= 0.6 is 0 Å². The highest BCUT2D eigenvalue weighted by Crippen LogP contribution is 2.36. The highest BCUT2D eigenvalue weighted by molar-refractivity contribution is 5.82. The molecule has 3 saturated heterocycles. The van der Waals surface area contributed by atoms with Crippen LogP contribution in [0.4, 0.5) is 4.39 Å². The molecule has 31 heavy (non-hydrogen) atoms. The second kappa shape index (κ2) is 11.4. The summed E-state index contributed by atoms with van der Waals surface area (Å²) in [6.45, 7) is 10.8. The molecule has 5 rings (SSSR count). The van der Waals surface area contributed by atoms with Gasteiger partial charge in [-0.2, -0.15) is 0 Å². The van der Waals surface area contributed by atoms with E-state index in [0.29, 0.717) is 18.4 Å². The Hall–Kier alpha value is -2.24. The zero-order valence-corrected chi connectivity index (χ0v) is 18.8. The molecular formula is C26H35FN2O2. The Balaban J connectivity index is 0.000000330. The van der Waals surface area contributed by atoms with Crippen molar-refractivity contribution in [2.45, 2.75) is 32.3 Å². The standard InChI is InChI=1S/C20H30N2O2.C6H5F/c1-4-6-16-9-12-22(13-15(16)5-2)20(23)19(24-3)18-14-21-10-7-17(18)8-11-21;7-6-4-2-1-3-5-6/h4-6,17-19H,2,7-14H2,1,3H3;1-5H/b6-4-;. The maximum Gasteiger partial charge on any atom is 0.252 e. The van der Waals surface area contributed by atoms with Gasteiger partial charge in [-0.3, -0.25) is 4.79 Å². The lowest BCUT2D eigenvalue weighted by Gasteiger charge is -2.47. The average molecular weight is 427 g/mol. The molecule has 2 bridgehead atoms. The van der Waals surface area contributed by atoms with Crippen LogP contribution in [0.15, 0.2) is 66.3 Å². The topological polar surface area (TPSA) is 32.8 Å². The summed E-state index contributed by atoms with van der Waals surface area (Å²) in [6, 6.07) is 7.94. The number of rotatable bonds is 5. The van der Waals surface area contributed by atoms with E-state index in [9.17, 15) is 9.18 Å². The predicted molar refractivity (Wildman–Crippen MR) is 123 cm³/mol. The minimum atomic E-state index is -0.299. The summed E-state index contributed by atoms with van der Waals surface area (Å²) >= 11 is 0. The number of hydrogen-bond acceptors (Lipinski definition) is 3. The van der Waals surface area contributed by atoms with Gasteiger partial charge in [0, 0.05) is 32.7 Å². The lowest BCUT2D eigenvalue weighted by atomic mass is 9.75. The van der Waals surface area contributed by atoms with Crippen molar-refractivity contribution in [2.75, 3.05) is 39.8 Å². The number of carbonyl (C=O) groups excluding carboxylic acids is 1. The fourth-order valence-electron chi connectivity index (χ4n) is 4.98. The van der Waals surface area contributed by atoms with Gasteiger partial charge < -0.3 is 14.5 Å². The first-order chi connectivity index (χ1) is 15.1. The van der Waals surface area contributed by atoms with Crippen molar-refractivity contribution in [1.29, 1.82) is 0 Å². The molecule has 4 aliphatic heterocycles. The summed E-state index contributed by atoms with van der Waals surface area (Å²) in [5.41, 5.74) is 2.46. The molecule has 4 heterocycles. The average Bonchev–Trinajstić information content (AvgIpc) is 2.82. The number of nitrogens with zero attached hydrogens (tertiary/aromatic N) is 2. The number of piperidine rings is 3. The van der Waals surface area contributed by atoms with Gasteiger partial charge >= 0.3 is 0 Å². The summed E-state index contributed by atoms with van der Waals surface area (Å²) in [5, 5.41) is 0. The van der Waals surface area contributed by atoms with Gasteiger partial charge in [-0.1, -0.05) is 43.0 Å². The van der Waals surface area contributed by atoms with Crippen LogP contribution in [0.25, 0.3) is 0 Å². The van der Waals surface area contributed by atoms with Gasteiger partial charge in [-0.15, -0.1) is 0 Å². The monoisotopic (exact) mass is 426 g/mol. The summed E-state index contributed by atoms with van der Waals surface area (Å²) in [4.78, 5) is 17.6. The molecule has 0 saturated carbocycles. The third kappa shape index (κ3) is 5.92. The molecule has 4 nitrogen and oxygen atoms in total. The quantitative estimate of drug-likeness (QED) is 0.697. The first kappa shape index (κ1) is 23.4. The number of halogens is 1. The first-order valence-corrected chi connectivity index (χ1v) is 11.3. The van der Waals surface area contributed by atoms with Crippen LogP contribution in [0.2, 0.25) is 0 Å². The van der Waals surface area contributed by atoms with Crippen molar-refractivity contribution in [3.63, 3.8) is 0 Å². The largest absolute Gasteiger partial charge is 0.371 e. The molecular weight excluding hydrogens is 391 g/mol. The third-order valence-electron chi connectivity index (χ3n) is 6.68. The number of ether oxygens (including phenoxy) is 1. The molecule has 2 atom stereocenters. The van der Waals surface area contributed by atoms with Gasteiger partial charge in [0.05, 0.1) is 0 Å². The van der Waals surface area contributed by atoms with E-state index in [2.05, 4.69) is 23.6 Å². The Morgan fingerprint density at radius 1 is 1.19 bits per heavy atom. The van der Waals surface area contributed by atoms with Crippen LogP contribution < -0.4 is 0 Å². The minimum Gasteiger partial charge on any atom is -0.371 e. The molecule has 3 fully saturated rings. The van der Waals surface area contributed by atoms with Crippen molar-refractivity contribution in [3.8, 4) is 0 Å². The molecule has 2 unspecified atom stereocenters. The van der Waals surface area contributed by atoms with Crippen LogP contribution in [0, 0.1) is 17.7 Å². The SMILES string of the molecule is C=CC1=C(/C=C\C)CCN(C(=O)C(OC)C2CN3CCC2CC3)C1.Fc1ccccc1. The van der Waals surface area contributed by atoms with E-state index >= 15 is 0 Å². The van der Waals surface area contributed by atoms with Crippen molar-refractivity contribution in [2.24, 2.45) is 11.8 Å². The Bertz CT molecular complexity index is 797. The molecule has 1 aromatic rings. The molecule has 0 spiro atoms. The summed E-state index contributed by atoms with van der Waals surface area (Å²) in [5.74, 6) is 0.970. The molecule has 0 aromatic heterocycles. The van der Waals surface area contributed by atoms with Gasteiger partial charge in [-0.25, -0.2) is 4.39 Å². The predicted octanol–water partition coefficient (Wildman–Crippen LogP) is 4.46. The number of amides is 1. The Labute approximate surface area is 186 Å². The maximum absolute atomic E-state index is 13.1. The zero-order valence-electron chi connectivity index (χ0n) is 18.8. The summed E-state index contributed by atoms with van der Waals surface area (Å²) in [6.07, 6.45) is 9.11. The van der Waals surface area contributed by atoms with Gasteiger partial charge in [-0.05, 0) is 68.5 Å². The smallest absolute Gasteiger partial charge is 0.252 e. The molecule has 168 valence electrons. The molecule has 1 aromatic carbocycles. The van der Waals surface area contributed by atoms with Gasteiger partial charge in [0.1, 0.15) is 11.9 Å². The minimum absolute atomic E-state index is 0.162. The van der Waals surface area contributed by atoms with E-state index in [0.717, 1.165) is 25.1 Å². The zero-order chi connectivity index (χ0) is 22.2. The van der Waals surface area contributed by atoms with Crippen LogP contribution in [0.1, 0.15) is 26.2 Å². The third-order valence-corrected chi connectivity index (χ3v) is 6.68. The number of allylic oxidation sites excluding steroid dienone is 2. The fraction of sp³-hybridized carbons (Fsp3) is 0.500. The normalized spacial score (nSPS) is 26.4. The summed E-state index contributed by atoms with van der Waals surface area (Å²) in [7, 11) is 1.69. The lowest BCUT2D eigenvalue weighted by molar-refractivity contribution is -0.150. The van der Waals surface area contributed by atoms with Crippen molar-refractivity contribution >= 4 is 5.91 Å². The molecule has 0 aliphatic carbocycles. The molecule has 4 aliphatic rings. The first-order valence-electron chi connectivity index (χ1n) is 11.3. The lowest BCUT2D eigenvalue weighted by Crippen LogP contribution is -2.56. The van der Waals surface area contributed by atoms with Crippen molar-refractivity contribution in [1.82, 2.24) is 9.80 Å². The number of methoxy groups -OCH3 is 1. The molecule has 0 N–H and O–H groups in total. The van der Waals surface area contributed by atoms with E-state index in [-0.39, 0.29) is 17.8 Å². The second-order valence-electron chi connectivity index (χ2n) is 8.52. The second-order valence-corrected chi connectivity index (χ2v) is 8.52. The van der Waals surface area contributed by atoms with Gasteiger partial charge in [0.15, 0.2) is 0 Å². The van der Waals surface area contributed by atoms with E-state index in [1.54, 1.807) is 25.3 Å². The molecule has 1 amide bonds. The van der Waals surface area contributed by atoms with E-state index < -0.39 is 0 Å². The number of hydrogen-bond donors (Lipinski definition) is 0. The van der Waals surface area contributed by atoms with Crippen LogP contribution in [0.5, 0.6) is 0 Å². The number of benzene rings is 1. The van der Waals surface area contributed by atoms with E-state index in [4.69, 9.17) is 4.74 Å². The Kier molecular flexibility index (Phi) is 8.61. The Morgan fingerprint density at radius 3 is 2.39 bits per heavy atom. The summed E-state index contributed by atoms with van der Waals surface area (Å²) < 4.78 is 17.6. The van der Waals surface area contributed by atoms with E-state index in [1.165, 1.54) is 43.6 Å². The van der Waals surface area contributed by atoms with Gasteiger partial charge in [0.2, 0.25) is 0 Å².